The summed E-state index contributed by atoms with van der Waals surface area (Å²) >= 11 is 0. The summed E-state index contributed by atoms with van der Waals surface area (Å²) < 4.78 is 28.9. The molecule has 0 aliphatic carbocycles. The Bertz CT molecular complexity index is 1400. The van der Waals surface area contributed by atoms with Gasteiger partial charge in [-0.15, -0.1) is 0 Å². The van der Waals surface area contributed by atoms with Gasteiger partial charge in [-0.05, 0) is 63.3 Å². The zero-order valence-corrected chi connectivity index (χ0v) is 26.7. The first kappa shape index (κ1) is 33.1. The Kier molecular flexibility index (Phi) is 10.3. The number of likely N-dealkylation sites (tertiary alicyclic amines) is 1. The molecule has 1 aromatic heterocycles. The van der Waals surface area contributed by atoms with Crippen molar-refractivity contribution in [3.05, 3.63) is 41.2 Å². The van der Waals surface area contributed by atoms with E-state index in [1.54, 1.807) is 21.7 Å². The van der Waals surface area contributed by atoms with E-state index in [2.05, 4.69) is 21.9 Å². The molecule has 2 amide bonds. The Hall–Kier alpha value is -2.84. The minimum Gasteiger partial charge on any atom is -0.395 e. The van der Waals surface area contributed by atoms with Gasteiger partial charge in [0.1, 0.15) is 11.6 Å². The van der Waals surface area contributed by atoms with Crippen molar-refractivity contribution >= 4 is 21.8 Å². The quantitative estimate of drug-likeness (QED) is 0.277. The van der Waals surface area contributed by atoms with Gasteiger partial charge in [-0.2, -0.15) is 5.10 Å². The van der Waals surface area contributed by atoms with E-state index in [0.29, 0.717) is 39.0 Å². The Labute approximate surface area is 254 Å². The lowest BCUT2D eigenvalue weighted by Gasteiger charge is -2.52. The number of carbonyl (C=O) groups is 2. The molecule has 4 N–H and O–H groups in total. The topological polar surface area (TPSA) is 157 Å². The fourth-order valence-corrected chi connectivity index (χ4v) is 7.10. The van der Waals surface area contributed by atoms with Gasteiger partial charge in [-0.1, -0.05) is 27.2 Å². The van der Waals surface area contributed by atoms with Gasteiger partial charge in [-0.25, -0.2) is 17.8 Å². The van der Waals surface area contributed by atoms with Gasteiger partial charge in [0.15, 0.2) is 0 Å². The summed E-state index contributed by atoms with van der Waals surface area (Å²) in [7, 11) is -3.71. The van der Waals surface area contributed by atoms with Crippen LogP contribution in [0.2, 0.25) is 0 Å². The molecule has 12 nitrogen and oxygen atoms in total. The van der Waals surface area contributed by atoms with Crippen molar-refractivity contribution in [1.82, 2.24) is 29.6 Å². The molecule has 0 radical (unpaired) electrons. The van der Waals surface area contributed by atoms with Crippen LogP contribution in [0.15, 0.2) is 29.2 Å². The number of nitrogens with zero attached hydrogens (tertiary/aromatic N) is 4. The van der Waals surface area contributed by atoms with Crippen LogP contribution in [-0.2, 0) is 26.2 Å². The number of aliphatic hydroxyl groups excluding tert-OH is 2. The number of unbranched alkanes of at least 4 members (excludes halogenated alkanes) is 1. The SMILES string of the molecule is CCCCN1C(=O)C(C(O)C(C)C)NC(=O)C12CCN(Cc1c(C)nn(-c3ccc(S(=O)(=O)NCCO)cc3)c1C)CC2. The third kappa shape index (κ3) is 6.65. The number of piperazine rings is 1. The Morgan fingerprint density at radius 2 is 1.79 bits per heavy atom. The van der Waals surface area contributed by atoms with E-state index in [-0.39, 0.29) is 35.8 Å². The van der Waals surface area contributed by atoms with Gasteiger partial charge in [-0.3, -0.25) is 14.5 Å². The van der Waals surface area contributed by atoms with Gasteiger partial charge in [0.05, 0.1) is 29.0 Å². The summed E-state index contributed by atoms with van der Waals surface area (Å²) in [5.74, 6) is -0.533. The Morgan fingerprint density at radius 3 is 2.37 bits per heavy atom. The number of hydrogen-bond donors (Lipinski definition) is 4. The maximum Gasteiger partial charge on any atom is 0.248 e. The van der Waals surface area contributed by atoms with Crippen molar-refractivity contribution in [3.63, 3.8) is 0 Å². The number of carbonyl (C=O) groups excluding carboxylic acids is 2. The minimum absolute atomic E-state index is 0.0535. The molecule has 238 valence electrons. The summed E-state index contributed by atoms with van der Waals surface area (Å²) in [6, 6.07) is 5.51. The van der Waals surface area contributed by atoms with E-state index >= 15 is 0 Å². The fourth-order valence-electron chi connectivity index (χ4n) is 6.08. The number of piperidine rings is 1. The summed E-state index contributed by atoms with van der Waals surface area (Å²) in [5, 5.41) is 27.2. The monoisotopic (exact) mass is 618 g/mol. The maximum absolute atomic E-state index is 13.6. The highest BCUT2D eigenvalue weighted by Crippen LogP contribution is 2.35. The summed E-state index contributed by atoms with van der Waals surface area (Å²) in [6.45, 7) is 11.7. The highest BCUT2D eigenvalue weighted by Gasteiger charge is 2.54. The van der Waals surface area contributed by atoms with Crippen LogP contribution in [0.5, 0.6) is 0 Å². The molecule has 3 heterocycles. The van der Waals surface area contributed by atoms with Crippen molar-refractivity contribution in [1.29, 1.82) is 0 Å². The number of hydrogen-bond acceptors (Lipinski definition) is 8. The van der Waals surface area contributed by atoms with E-state index in [1.165, 1.54) is 12.1 Å². The second-order valence-corrected chi connectivity index (χ2v) is 13.8. The maximum atomic E-state index is 13.6. The molecule has 2 unspecified atom stereocenters. The molecule has 4 rings (SSSR count). The highest BCUT2D eigenvalue weighted by atomic mass is 32.2. The Balaban J connectivity index is 1.48. The smallest absolute Gasteiger partial charge is 0.248 e. The molecule has 2 saturated heterocycles. The van der Waals surface area contributed by atoms with E-state index in [4.69, 9.17) is 10.2 Å². The van der Waals surface area contributed by atoms with E-state index in [0.717, 1.165) is 35.5 Å². The molecule has 1 aromatic carbocycles. The number of aromatic nitrogens is 2. The molecule has 1 spiro atoms. The van der Waals surface area contributed by atoms with Crippen LogP contribution in [0.4, 0.5) is 0 Å². The van der Waals surface area contributed by atoms with Crippen LogP contribution in [0.25, 0.3) is 5.69 Å². The van der Waals surface area contributed by atoms with Crippen LogP contribution < -0.4 is 10.0 Å². The van der Waals surface area contributed by atoms with Crippen LogP contribution in [-0.4, -0.2) is 100 Å². The third-order valence-electron chi connectivity index (χ3n) is 8.82. The number of aliphatic hydroxyl groups is 2. The fraction of sp³-hybridized carbons (Fsp3) is 0.633. The first-order valence-electron chi connectivity index (χ1n) is 15.1. The Morgan fingerprint density at radius 1 is 1.14 bits per heavy atom. The summed E-state index contributed by atoms with van der Waals surface area (Å²) in [5.41, 5.74) is 2.67. The number of rotatable bonds is 12. The number of nitrogens with one attached hydrogen (secondary N) is 2. The van der Waals surface area contributed by atoms with Gasteiger partial charge in [0, 0.05) is 44.0 Å². The predicted octanol–water partition coefficient (Wildman–Crippen LogP) is 1.24. The van der Waals surface area contributed by atoms with Crippen molar-refractivity contribution in [2.75, 3.05) is 32.8 Å². The molecule has 0 saturated carbocycles. The lowest BCUT2D eigenvalue weighted by molar-refractivity contribution is -0.165. The first-order chi connectivity index (χ1) is 20.4. The third-order valence-corrected chi connectivity index (χ3v) is 10.3. The second-order valence-electron chi connectivity index (χ2n) is 12.0. The van der Waals surface area contributed by atoms with E-state index < -0.39 is 27.7 Å². The van der Waals surface area contributed by atoms with Crippen molar-refractivity contribution in [2.45, 2.75) is 89.4 Å². The number of sulfonamides is 1. The van der Waals surface area contributed by atoms with Gasteiger partial charge in [0.2, 0.25) is 21.8 Å². The molecule has 13 heteroatoms. The molecule has 2 fully saturated rings. The second kappa shape index (κ2) is 13.4. The van der Waals surface area contributed by atoms with E-state index in [1.807, 2.05) is 27.7 Å². The summed E-state index contributed by atoms with van der Waals surface area (Å²) in [6.07, 6.45) is 1.76. The standard InChI is InChI=1S/C30H46N6O6S/c1-6-7-15-35-28(39)26(27(38)20(2)3)32-29(40)30(35)12-16-34(17-13-30)19-25-21(4)33-36(22(25)5)23-8-10-24(11-9-23)43(41,42)31-14-18-37/h8-11,20,26-27,31,37-38H,6-7,12-19H2,1-5H3,(H,32,40). The largest absolute Gasteiger partial charge is 0.395 e. The van der Waals surface area contributed by atoms with Gasteiger partial charge < -0.3 is 20.4 Å². The molecule has 43 heavy (non-hydrogen) atoms. The van der Waals surface area contributed by atoms with E-state index in [9.17, 15) is 23.1 Å². The molecule has 2 aliphatic heterocycles. The molecule has 2 aromatic rings. The molecular weight excluding hydrogens is 572 g/mol. The first-order valence-corrected chi connectivity index (χ1v) is 16.6. The number of aryl methyl sites for hydroxylation is 1. The lowest BCUT2D eigenvalue weighted by atomic mass is 9.80. The van der Waals surface area contributed by atoms with Gasteiger partial charge >= 0.3 is 0 Å². The highest BCUT2D eigenvalue weighted by molar-refractivity contribution is 7.89. The number of amides is 2. The van der Waals surface area contributed by atoms with Crippen molar-refractivity contribution in [2.24, 2.45) is 5.92 Å². The zero-order valence-electron chi connectivity index (χ0n) is 25.8. The van der Waals surface area contributed by atoms with Crippen LogP contribution in [0, 0.1) is 19.8 Å². The van der Waals surface area contributed by atoms with Crippen molar-refractivity contribution in [3.8, 4) is 5.69 Å². The average Bonchev–Trinajstić information content (AvgIpc) is 3.27. The minimum atomic E-state index is -3.71. The molecule has 2 atom stereocenters. The van der Waals surface area contributed by atoms with Crippen molar-refractivity contribution < 1.29 is 28.2 Å². The van der Waals surface area contributed by atoms with Crippen LogP contribution >= 0.6 is 0 Å². The van der Waals surface area contributed by atoms with Crippen LogP contribution in [0.3, 0.4) is 0 Å². The number of benzene rings is 1. The molecular formula is C30H46N6O6S. The summed E-state index contributed by atoms with van der Waals surface area (Å²) in [4.78, 5) is 31.3. The normalized spacial score (nSPS) is 20.2. The molecule has 0 bridgehead atoms. The van der Waals surface area contributed by atoms with Crippen LogP contribution in [0.1, 0.15) is 63.4 Å². The average molecular weight is 619 g/mol. The zero-order chi connectivity index (χ0) is 31.5. The molecule has 2 aliphatic rings. The van der Waals surface area contributed by atoms with Gasteiger partial charge in [0.25, 0.3) is 0 Å². The lowest BCUT2D eigenvalue weighted by Crippen LogP contribution is -2.74. The predicted molar refractivity (Wildman–Crippen MR) is 162 cm³/mol.